The lowest BCUT2D eigenvalue weighted by molar-refractivity contribution is -0.389. The fourth-order valence-electron chi connectivity index (χ4n) is 1.48. The molecular weight excluding hydrogens is 246 g/mol. The highest BCUT2D eigenvalue weighted by Gasteiger charge is 2.05. The van der Waals surface area contributed by atoms with Crippen molar-refractivity contribution in [3.8, 4) is 5.75 Å². The third-order valence-corrected chi connectivity index (χ3v) is 2.38. The van der Waals surface area contributed by atoms with Gasteiger partial charge in [-0.15, -0.1) is 0 Å². The molecule has 2 aromatic rings. The third kappa shape index (κ3) is 3.95. The average molecular weight is 259 g/mol. The molecular formula is C13H13N3O3. The van der Waals surface area contributed by atoms with Crippen LogP contribution in [0.1, 0.15) is 0 Å². The molecule has 1 N–H and O–H groups in total. The molecule has 19 heavy (non-hydrogen) atoms. The number of hydrogen-bond donors (Lipinski definition) is 1. The Bertz CT molecular complexity index is 529. The van der Waals surface area contributed by atoms with Crippen molar-refractivity contribution in [2.45, 2.75) is 0 Å². The van der Waals surface area contributed by atoms with Crippen LogP contribution >= 0.6 is 0 Å². The number of nitrogens with zero attached hydrogens (tertiary/aromatic N) is 2. The van der Waals surface area contributed by atoms with Crippen molar-refractivity contribution in [3.63, 3.8) is 0 Å². The summed E-state index contributed by atoms with van der Waals surface area (Å²) in [7, 11) is 0. The molecule has 0 aliphatic carbocycles. The van der Waals surface area contributed by atoms with Gasteiger partial charge in [-0.1, -0.05) is 18.2 Å². The molecule has 0 amide bonds. The molecule has 0 unspecified atom stereocenters. The van der Waals surface area contributed by atoms with Crippen molar-refractivity contribution in [1.82, 2.24) is 4.98 Å². The maximum absolute atomic E-state index is 10.4. The molecule has 6 heteroatoms. The fraction of sp³-hybridized carbons (Fsp3) is 0.154. The minimum atomic E-state index is -0.526. The Kier molecular flexibility index (Phi) is 4.28. The number of rotatable bonds is 6. The molecule has 2 rings (SSSR count). The zero-order valence-corrected chi connectivity index (χ0v) is 10.2. The number of aromatic nitrogens is 1. The second-order valence-electron chi connectivity index (χ2n) is 3.75. The van der Waals surface area contributed by atoms with E-state index in [1.807, 2.05) is 30.3 Å². The Hall–Kier alpha value is -2.63. The molecule has 0 saturated carbocycles. The van der Waals surface area contributed by atoms with Gasteiger partial charge >= 0.3 is 5.82 Å². The molecule has 1 aromatic heterocycles. The Morgan fingerprint density at radius 2 is 2.00 bits per heavy atom. The Morgan fingerprint density at radius 1 is 1.21 bits per heavy atom. The largest absolute Gasteiger partial charge is 0.492 e. The van der Waals surface area contributed by atoms with Crippen LogP contribution < -0.4 is 10.1 Å². The molecule has 0 spiro atoms. The molecule has 0 atom stereocenters. The van der Waals surface area contributed by atoms with Crippen LogP contribution in [0.3, 0.4) is 0 Å². The van der Waals surface area contributed by atoms with Gasteiger partial charge in [0.25, 0.3) is 0 Å². The van der Waals surface area contributed by atoms with E-state index in [1.54, 1.807) is 6.07 Å². The first kappa shape index (κ1) is 12.8. The van der Waals surface area contributed by atoms with Crippen LogP contribution in [0.4, 0.5) is 11.5 Å². The first-order chi connectivity index (χ1) is 9.25. The van der Waals surface area contributed by atoms with Crippen molar-refractivity contribution >= 4 is 11.5 Å². The summed E-state index contributed by atoms with van der Waals surface area (Å²) in [4.78, 5) is 13.6. The summed E-state index contributed by atoms with van der Waals surface area (Å²) in [5.41, 5.74) is 0.724. The van der Waals surface area contributed by atoms with Crippen LogP contribution in [-0.2, 0) is 0 Å². The predicted octanol–water partition coefficient (Wildman–Crippen LogP) is 2.48. The molecule has 0 bridgehead atoms. The Morgan fingerprint density at radius 3 is 2.63 bits per heavy atom. The van der Waals surface area contributed by atoms with Crippen LogP contribution in [-0.4, -0.2) is 23.1 Å². The van der Waals surface area contributed by atoms with Gasteiger partial charge in [0.1, 0.15) is 12.4 Å². The maximum Gasteiger partial charge on any atom is 0.363 e. The predicted molar refractivity (Wildman–Crippen MR) is 71.3 cm³/mol. The first-order valence-corrected chi connectivity index (χ1v) is 5.78. The van der Waals surface area contributed by atoms with E-state index in [0.717, 1.165) is 11.4 Å². The number of pyridine rings is 1. The summed E-state index contributed by atoms with van der Waals surface area (Å²) >= 11 is 0. The molecule has 0 aliphatic rings. The number of hydrogen-bond acceptors (Lipinski definition) is 5. The van der Waals surface area contributed by atoms with Crippen molar-refractivity contribution < 1.29 is 9.66 Å². The summed E-state index contributed by atoms with van der Waals surface area (Å²) in [6.45, 7) is 1.09. The molecule has 0 aliphatic heterocycles. The van der Waals surface area contributed by atoms with Crippen LogP contribution in [0.2, 0.25) is 0 Å². The summed E-state index contributed by atoms with van der Waals surface area (Å²) in [6, 6.07) is 12.5. The van der Waals surface area contributed by atoms with E-state index >= 15 is 0 Å². The van der Waals surface area contributed by atoms with Crippen molar-refractivity contribution in [1.29, 1.82) is 0 Å². The highest BCUT2D eigenvalue weighted by Crippen LogP contribution is 2.11. The first-order valence-electron chi connectivity index (χ1n) is 5.78. The smallest absolute Gasteiger partial charge is 0.363 e. The van der Waals surface area contributed by atoms with Gasteiger partial charge in [0.05, 0.1) is 5.69 Å². The monoisotopic (exact) mass is 259 g/mol. The lowest BCUT2D eigenvalue weighted by Gasteiger charge is -2.07. The van der Waals surface area contributed by atoms with Crippen LogP contribution in [0.15, 0.2) is 48.7 Å². The SMILES string of the molecule is O=[N+]([O-])c1ccc(NCCOc2ccccc2)cn1. The molecule has 0 saturated heterocycles. The Labute approximate surface area is 110 Å². The topological polar surface area (TPSA) is 77.3 Å². The minimum absolute atomic E-state index is 0.161. The summed E-state index contributed by atoms with van der Waals surface area (Å²) in [5.74, 6) is 0.650. The lowest BCUT2D eigenvalue weighted by Crippen LogP contribution is -2.11. The van der Waals surface area contributed by atoms with Gasteiger partial charge in [0.2, 0.25) is 0 Å². The molecule has 98 valence electrons. The van der Waals surface area contributed by atoms with Crippen LogP contribution in [0.5, 0.6) is 5.75 Å². The normalized spacial score (nSPS) is 9.89. The second kappa shape index (κ2) is 6.34. The van der Waals surface area contributed by atoms with Crippen molar-refractivity contribution in [2.24, 2.45) is 0 Å². The van der Waals surface area contributed by atoms with Gasteiger partial charge in [-0.3, -0.25) is 0 Å². The second-order valence-corrected chi connectivity index (χ2v) is 3.75. The number of nitrogens with one attached hydrogen (secondary N) is 1. The Balaban J connectivity index is 1.75. The molecule has 1 heterocycles. The summed E-state index contributed by atoms with van der Waals surface area (Å²) in [6.07, 6.45) is 1.43. The van der Waals surface area contributed by atoms with E-state index < -0.39 is 4.92 Å². The van der Waals surface area contributed by atoms with E-state index in [9.17, 15) is 10.1 Å². The number of nitro groups is 1. The molecule has 0 radical (unpaired) electrons. The van der Waals surface area contributed by atoms with Gasteiger partial charge < -0.3 is 20.2 Å². The quantitative estimate of drug-likeness (QED) is 0.490. The third-order valence-electron chi connectivity index (χ3n) is 2.38. The van der Waals surface area contributed by atoms with Crippen molar-refractivity contribution in [3.05, 3.63) is 58.8 Å². The van der Waals surface area contributed by atoms with Gasteiger partial charge in [-0.05, 0) is 28.1 Å². The van der Waals surface area contributed by atoms with Gasteiger partial charge in [-0.25, -0.2) is 0 Å². The standard InChI is InChI=1S/C13H13N3O3/c17-16(18)13-7-6-11(10-15-13)14-8-9-19-12-4-2-1-3-5-12/h1-7,10,14H,8-9H2. The summed E-state index contributed by atoms with van der Waals surface area (Å²) < 4.78 is 5.50. The van der Waals surface area contributed by atoms with E-state index in [0.29, 0.717) is 13.2 Å². The fourth-order valence-corrected chi connectivity index (χ4v) is 1.48. The number of ether oxygens (including phenoxy) is 1. The summed E-state index contributed by atoms with van der Waals surface area (Å²) in [5, 5.41) is 13.5. The average Bonchev–Trinajstić information content (AvgIpc) is 2.45. The van der Waals surface area contributed by atoms with E-state index in [2.05, 4.69) is 10.3 Å². The number of anilines is 1. The van der Waals surface area contributed by atoms with Crippen molar-refractivity contribution in [2.75, 3.05) is 18.5 Å². The van der Waals surface area contributed by atoms with E-state index in [4.69, 9.17) is 4.74 Å². The number of para-hydroxylation sites is 1. The minimum Gasteiger partial charge on any atom is -0.492 e. The highest BCUT2D eigenvalue weighted by molar-refractivity contribution is 5.43. The maximum atomic E-state index is 10.4. The van der Waals surface area contributed by atoms with Gasteiger partial charge in [0, 0.05) is 12.6 Å². The van der Waals surface area contributed by atoms with Crippen LogP contribution in [0.25, 0.3) is 0 Å². The van der Waals surface area contributed by atoms with E-state index in [-0.39, 0.29) is 5.82 Å². The highest BCUT2D eigenvalue weighted by atomic mass is 16.6. The number of benzene rings is 1. The van der Waals surface area contributed by atoms with E-state index in [1.165, 1.54) is 12.3 Å². The van der Waals surface area contributed by atoms with Crippen LogP contribution in [0, 0.1) is 10.1 Å². The van der Waals surface area contributed by atoms with Gasteiger partial charge in [-0.2, -0.15) is 0 Å². The lowest BCUT2D eigenvalue weighted by atomic mass is 10.3. The molecule has 1 aromatic carbocycles. The molecule has 0 fully saturated rings. The zero-order valence-electron chi connectivity index (χ0n) is 10.2. The van der Waals surface area contributed by atoms with Gasteiger partial charge in [0.15, 0.2) is 6.20 Å². The zero-order chi connectivity index (χ0) is 13.5. The molecule has 6 nitrogen and oxygen atoms in total.